The van der Waals surface area contributed by atoms with E-state index in [9.17, 15) is 9.59 Å². The maximum absolute atomic E-state index is 12.0. The largest absolute Gasteiger partial charge is 0.465 e. The number of ether oxygens (including phenoxy) is 1. The molecule has 0 aromatic heterocycles. The number of benzene rings is 1. The van der Waals surface area contributed by atoms with Crippen molar-refractivity contribution in [2.24, 2.45) is 5.92 Å². The molecule has 0 aliphatic heterocycles. The molecule has 1 aromatic rings. The summed E-state index contributed by atoms with van der Waals surface area (Å²) < 4.78 is 4.95. The normalized spacial score (nSPS) is 11.4. The molecule has 19 heavy (non-hydrogen) atoms. The van der Waals surface area contributed by atoms with Crippen molar-refractivity contribution in [2.45, 2.75) is 13.3 Å². The average molecular weight is 261 g/mol. The topological polar surface area (TPSA) is 55.4 Å². The highest BCUT2D eigenvalue weighted by Gasteiger charge is 2.27. The average Bonchev–Trinajstić information content (AvgIpc) is 2.43. The van der Waals surface area contributed by atoms with E-state index < -0.39 is 11.9 Å². The number of nitrogens with one attached hydrogen (secondary N) is 1. The SMILES string of the molecule is C=CCNC(=O)[C@H](Cc1ccccc1)C(=O)OCC. The van der Waals surface area contributed by atoms with Gasteiger partial charge in [-0.3, -0.25) is 9.59 Å². The van der Waals surface area contributed by atoms with Gasteiger partial charge in [0.1, 0.15) is 5.92 Å². The van der Waals surface area contributed by atoms with Crippen LogP contribution >= 0.6 is 0 Å². The van der Waals surface area contributed by atoms with Gasteiger partial charge < -0.3 is 10.1 Å². The highest BCUT2D eigenvalue weighted by molar-refractivity contribution is 5.98. The third-order valence-corrected chi connectivity index (χ3v) is 2.59. The van der Waals surface area contributed by atoms with Crippen LogP contribution in [0, 0.1) is 5.92 Å². The first-order valence-electron chi connectivity index (χ1n) is 6.28. The van der Waals surface area contributed by atoms with Crippen molar-refractivity contribution in [1.82, 2.24) is 5.32 Å². The van der Waals surface area contributed by atoms with Crippen molar-refractivity contribution >= 4 is 11.9 Å². The molecule has 0 heterocycles. The molecule has 0 radical (unpaired) electrons. The molecule has 1 N–H and O–H groups in total. The Morgan fingerprint density at radius 3 is 2.63 bits per heavy atom. The monoisotopic (exact) mass is 261 g/mol. The molecule has 0 aliphatic carbocycles. The fourth-order valence-electron chi connectivity index (χ4n) is 1.67. The predicted octanol–water partition coefficient (Wildman–Crippen LogP) is 1.71. The minimum Gasteiger partial charge on any atom is -0.465 e. The van der Waals surface area contributed by atoms with Gasteiger partial charge in [0.15, 0.2) is 0 Å². The van der Waals surface area contributed by atoms with Gasteiger partial charge in [-0.15, -0.1) is 6.58 Å². The van der Waals surface area contributed by atoms with Crippen LogP contribution in [-0.2, 0) is 20.7 Å². The summed E-state index contributed by atoms with van der Waals surface area (Å²) in [5.41, 5.74) is 0.925. The van der Waals surface area contributed by atoms with Gasteiger partial charge in [0.25, 0.3) is 0 Å². The van der Waals surface area contributed by atoms with Gasteiger partial charge >= 0.3 is 5.97 Å². The Balaban J connectivity index is 2.77. The Hall–Kier alpha value is -2.10. The van der Waals surface area contributed by atoms with Crippen molar-refractivity contribution in [3.05, 3.63) is 48.6 Å². The summed E-state index contributed by atoms with van der Waals surface area (Å²) in [5.74, 6) is -1.64. The smallest absolute Gasteiger partial charge is 0.318 e. The quantitative estimate of drug-likeness (QED) is 0.462. The Kier molecular flexibility index (Phi) is 6.36. The van der Waals surface area contributed by atoms with Crippen molar-refractivity contribution in [2.75, 3.05) is 13.2 Å². The second-order valence-corrected chi connectivity index (χ2v) is 4.03. The number of amides is 1. The first kappa shape index (κ1) is 15.0. The minimum atomic E-state index is -0.817. The number of carbonyl (C=O) groups is 2. The molecule has 0 spiro atoms. The van der Waals surface area contributed by atoms with E-state index in [1.165, 1.54) is 0 Å². The zero-order chi connectivity index (χ0) is 14.1. The first-order chi connectivity index (χ1) is 9.19. The molecular weight excluding hydrogens is 242 g/mol. The van der Waals surface area contributed by atoms with Crippen molar-refractivity contribution in [3.63, 3.8) is 0 Å². The fraction of sp³-hybridized carbons (Fsp3) is 0.333. The Morgan fingerprint density at radius 2 is 2.05 bits per heavy atom. The second-order valence-electron chi connectivity index (χ2n) is 4.03. The molecule has 0 saturated carbocycles. The van der Waals surface area contributed by atoms with E-state index in [0.29, 0.717) is 13.0 Å². The van der Waals surface area contributed by atoms with Gasteiger partial charge in [0.2, 0.25) is 5.91 Å². The summed E-state index contributed by atoms with van der Waals surface area (Å²) in [6.07, 6.45) is 1.91. The van der Waals surface area contributed by atoms with E-state index in [0.717, 1.165) is 5.56 Å². The lowest BCUT2D eigenvalue weighted by Gasteiger charge is -2.15. The molecule has 0 saturated heterocycles. The van der Waals surface area contributed by atoms with Crippen LogP contribution in [0.15, 0.2) is 43.0 Å². The van der Waals surface area contributed by atoms with Crippen molar-refractivity contribution in [3.8, 4) is 0 Å². The van der Waals surface area contributed by atoms with E-state index in [1.807, 2.05) is 30.3 Å². The lowest BCUT2D eigenvalue weighted by atomic mass is 9.98. The maximum Gasteiger partial charge on any atom is 0.318 e. The van der Waals surface area contributed by atoms with Crippen molar-refractivity contribution < 1.29 is 14.3 Å². The van der Waals surface area contributed by atoms with Crippen LogP contribution in [0.2, 0.25) is 0 Å². The molecule has 102 valence electrons. The summed E-state index contributed by atoms with van der Waals surface area (Å²) in [6.45, 7) is 5.85. The molecule has 1 atom stereocenters. The van der Waals surface area contributed by atoms with Crippen LogP contribution in [0.3, 0.4) is 0 Å². The third-order valence-electron chi connectivity index (χ3n) is 2.59. The van der Waals surface area contributed by atoms with Crippen LogP contribution in [0.5, 0.6) is 0 Å². The van der Waals surface area contributed by atoms with E-state index in [1.54, 1.807) is 13.0 Å². The molecule has 1 amide bonds. The molecule has 4 heteroatoms. The highest BCUT2D eigenvalue weighted by atomic mass is 16.5. The molecule has 0 aliphatic rings. The molecule has 0 fully saturated rings. The van der Waals surface area contributed by atoms with Crippen LogP contribution in [-0.4, -0.2) is 25.0 Å². The van der Waals surface area contributed by atoms with Crippen LogP contribution in [0.25, 0.3) is 0 Å². The molecule has 4 nitrogen and oxygen atoms in total. The maximum atomic E-state index is 12.0. The summed E-state index contributed by atoms with van der Waals surface area (Å²) in [6, 6.07) is 9.40. The first-order valence-corrected chi connectivity index (χ1v) is 6.28. The zero-order valence-electron chi connectivity index (χ0n) is 11.1. The zero-order valence-corrected chi connectivity index (χ0v) is 11.1. The lowest BCUT2D eigenvalue weighted by molar-refractivity contribution is -0.152. The molecule has 1 aromatic carbocycles. The number of esters is 1. The van der Waals surface area contributed by atoms with Gasteiger partial charge in [0.05, 0.1) is 6.61 Å². The molecule has 1 rings (SSSR count). The predicted molar refractivity (Wildman–Crippen MR) is 73.5 cm³/mol. The van der Waals surface area contributed by atoms with Crippen LogP contribution < -0.4 is 5.32 Å². The van der Waals surface area contributed by atoms with Crippen LogP contribution in [0.4, 0.5) is 0 Å². The van der Waals surface area contributed by atoms with Gasteiger partial charge in [-0.25, -0.2) is 0 Å². The van der Waals surface area contributed by atoms with Gasteiger partial charge in [-0.2, -0.15) is 0 Å². The molecule has 0 bridgehead atoms. The minimum absolute atomic E-state index is 0.263. The van der Waals surface area contributed by atoms with Crippen LogP contribution in [0.1, 0.15) is 12.5 Å². The van der Waals surface area contributed by atoms with E-state index in [4.69, 9.17) is 4.74 Å². The summed E-state index contributed by atoms with van der Waals surface area (Å²) in [7, 11) is 0. The Morgan fingerprint density at radius 1 is 1.37 bits per heavy atom. The van der Waals surface area contributed by atoms with Gasteiger partial charge in [-0.05, 0) is 18.9 Å². The second kappa shape index (κ2) is 8.08. The molecule has 0 unspecified atom stereocenters. The number of rotatable bonds is 7. The summed E-state index contributed by atoms with van der Waals surface area (Å²) in [4.78, 5) is 23.8. The number of carbonyl (C=O) groups excluding carboxylic acids is 2. The fourth-order valence-corrected chi connectivity index (χ4v) is 1.67. The van der Waals surface area contributed by atoms with Gasteiger partial charge in [-0.1, -0.05) is 36.4 Å². The van der Waals surface area contributed by atoms with E-state index in [-0.39, 0.29) is 12.5 Å². The Labute approximate surface area is 113 Å². The Bertz CT molecular complexity index is 428. The lowest BCUT2D eigenvalue weighted by Crippen LogP contribution is -2.37. The van der Waals surface area contributed by atoms with E-state index >= 15 is 0 Å². The van der Waals surface area contributed by atoms with Gasteiger partial charge in [0, 0.05) is 6.54 Å². The third kappa shape index (κ3) is 4.95. The summed E-state index contributed by atoms with van der Waals surface area (Å²) >= 11 is 0. The summed E-state index contributed by atoms with van der Waals surface area (Å²) in [5, 5.41) is 2.63. The number of hydrogen-bond acceptors (Lipinski definition) is 3. The highest BCUT2D eigenvalue weighted by Crippen LogP contribution is 2.11. The van der Waals surface area contributed by atoms with Crippen molar-refractivity contribution in [1.29, 1.82) is 0 Å². The number of hydrogen-bond donors (Lipinski definition) is 1. The molecular formula is C15H19NO3. The standard InChI is InChI=1S/C15H19NO3/c1-3-10-16-14(17)13(15(18)19-4-2)11-12-8-6-5-7-9-12/h3,5-9,13H,1,4,10-11H2,2H3,(H,16,17)/t13-/m0/s1. The van der Waals surface area contributed by atoms with E-state index in [2.05, 4.69) is 11.9 Å².